The van der Waals surface area contributed by atoms with Gasteiger partial charge in [0.15, 0.2) is 0 Å². The van der Waals surface area contributed by atoms with Crippen LogP contribution in [0.1, 0.15) is 39.5 Å². The number of hydrogen-bond acceptors (Lipinski definition) is 3. The third-order valence-electron chi connectivity index (χ3n) is 2.83. The van der Waals surface area contributed by atoms with Crippen molar-refractivity contribution in [2.24, 2.45) is 5.73 Å². The van der Waals surface area contributed by atoms with Gasteiger partial charge in [-0.25, -0.2) is 4.79 Å². The third-order valence-corrected chi connectivity index (χ3v) is 2.83. The van der Waals surface area contributed by atoms with E-state index < -0.39 is 11.5 Å². The lowest BCUT2D eigenvalue weighted by Gasteiger charge is -2.31. The minimum atomic E-state index is -1.15. The van der Waals surface area contributed by atoms with Crippen molar-refractivity contribution in [3.8, 4) is 0 Å². The summed E-state index contributed by atoms with van der Waals surface area (Å²) in [5.74, 6) is -1.13. The fraction of sp³-hybridized carbons (Fsp3) is 0.818. The second kappa shape index (κ2) is 6.48. The van der Waals surface area contributed by atoms with Crippen LogP contribution in [0.15, 0.2) is 0 Å². The maximum atomic E-state index is 11.7. The second-order valence-electron chi connectivity index (χ2n) is 4.42. The van der Waals surface area contributed by atoms with E-state index in [9.17, 15) is 9.59 Å². The van der Waals surface area contributed by atoms with Gasteiger partial charge >= 0.3 is 5.97 Å². The molecule has 0 radical (unpaired) electrons. The number of rotatable bonds is 7. The largest absolute Gasteiger partial charge is 0.480 e. The molecule has 0 rings (SSSR count). The molecule has 5 nitrogen and oxygen atoms in total. The molecule has 0 unspecified atom stereocenters. The van der Waals surface area contributed by atoms with E-state index in [-0.39, 0.29) is 5.91 Å². The topological polar surface area (TPSA) is 83.6 Å². The van der Waals surface area contributed by atoms with Gasteiger partial charge in [0, 0.05) is 13.5 Å². The molecule has 0 aromatic carbocycles. The van der Waals surface area contributed by atoms with Crippen LogP contribution in [0.5, 0.6) is 0 Å². The van der Waals surface area contributed by atoms with E-state index in [1.165, 1.54) is 25.8 Å². The predicted molar refractivity (Wildman–Crippen MR) is 62.0 cm³/mol. The van der Waals surface area contributed by atoms with Gasteiger partial charge in [-0.1, -0.05) is 6.42 Å². The van der Waals surface area contributed by atoms with Gasteiger partial charge in [-0.3, -0.25) is 4.79 Å². The predicted octanol–water partition coefficient (Wildman–Crippen LogP) is 0.827. The molecule has 5 heteroatoms. The van der Waals surface area contributed by atoms with Gasteiger partial charge < -0.3 is 15.7 Å². The smallest absolute Gasteiger partial charge is 0.329 e. The van der Waals surface area contributed by atoms with Gasteiger partial charge in [0.25, 0.3) is 0 Å². The summed E-state index contributed by atoms with van der Waals surface area (Å²) in [5, 5.41) is 8.96. The average molecular weight is 230 g/mol. The highest BCUT2D eigenvalue weighted by Gasteiger charge is 2.34. The van der Waals surface area contributed by atoms with Crippen molar-refractivity contribution < 1.29 is 14.7 Å². The minimum absolute atomic E-state index is 0.135. The highest BCUT2D eigenvalue weighted by molar-refractivity contribution is 5.86. The molecule has 0 aliphatic heterocycles. The van der Waals surface area contributed by atoms with E-state index in [2.05, 4.69) is 0 Å². The Kier molecular flexibility index (Phi) is 6.03. The molecule has 0 aromatic rings. The first-order chi connectivity index (χ1) is 7.34. The Morgan fingerprint density at radius 2 is 1.81 bits per heavy atom. The summed E-state index contributed by atoms with van der Waals surface area (Å²) in [6, 6.07) is 0. The number of hydrogen-bond donors (Lipinski definition) is 2. The van der Waals surface area contributed by atoms with Gasteiger partial charge in [-0.2, -0.15) is 0 Å². The summed E-state index contributed by atoms with van der Waals surface area (Å²) in [7, 11) is 1.53. The lowest BCUT2D eigenvalue weighted by Crippen LogP contribution is -2.50. The molecule has 1 amide bonds. The Morgan fingerprint density at radius 3 is 2.25 bits per heavy atom. The molecule has 0 aliphatic rings. The number of nitrogens with zero attached hydrogens (tertiary/aromatic N) is 1. The Labute approximate surface area is 96.6 Å². The highest BCUT2D eigenvalue weighted by atomic mass is 16.4. The number of unbranched alkanes of at least 4 members (excludes halogenated alkanes) is 2. The summed E-state index contributed by atoms with van der Waals surface area (Å²) in [5.41, 5.74) is 4.19. The zero-order valence-electron chi connectivity index (χ0n) is 10.3. The van der Waals surface area contributed by atoms with Crippen molar-refractivity contribution in [3.05, 3.63) is 0 Å². The van der Waals surface area contributed by atoms with Crippen molar-refractivity contribution in [3.63, 3.8) is 0 Å². The van der Waals surface area contributed by atoms with Crippen LogP contribution in [-0.2, 0) is 9.59 Å². The van der Waals surface area contributed by atoms with E-state index in [1.54, 1.807) is 0 Å². The van der Waals surface area contributed by atoms with Crippen LogP contribution >= 0.6 is 0 Å². The lowest BCUT2D eigenvalue weighted by molar-refractivity contribution is -0.155. The first kappa shape index (κ1) is 14.9. The number of carboxylic acid groups (broad SMARTS) is 1. The van der Waals surface area contributed by atoms with E-state index >= 15 is 0 Å². The maximum absolute atomic E-state index is 11.7. The molecule has 0 saturated carbocycles. The number of nitrogens with two attached hydrogens (primary N) is 1. The number of carboxylic acids is 1. The molecule has 0 fully saturated rings. The summed E-state index contributed by atoms with van der Waals surface area (Å²) in [6.45, 7) is 3.67. The molecule has 94 valence electrons. The number of likely N-dealkylation sites (N-methyl/N-ethyl adjacent to an activating group) is 1. The molecule has 0 spiro atoms. The van der Waals surface area contributed by atoms with E-state index in [0.29, 0.717) is 13.0 Å². The molecular formula is C11H22N2O3. The summed E-state index contributed by atoms with van der Waals surface area (Å²) < 4.78 is 0. The molecule has 3 N–H and O–H groups in total. The van der Waals surface area contributed by atoms with Crippen molar-refractivity contribution in [2.45, 2.75) is 45.1 Å². The second-order valence-corrected chi connectivity index (χ2v) is 4.42. The van der Waals surface area contributed by atoms with Crippen LogP contribution in [0.2, 0.25) is 0 Å². The first-order valence-corrected chi connectivity index (χ1v) is 5.54. The minimum Gasteiger partial charge on any atom is -0.480 e. The average Bonchev–Trinajstić information content (AvgIpc) is 2.22. The van der Waals surface area contributed by atoms with Crippen molar-refractivity contribution in [1.29, 1.82) is 0 Å². The Morgan fingerprint density at radius 1 is 1.25 bits per heavy atom. The van der Waals surface area contributed by atoms with Crippen LogP contribution in [0.3, 0.4) is 0 Å². The van der Waals surface area contributed by atoms with Gasteiger partial charge in [0.05, 0.1) is 0 Å². The van der Waals surface area contributed by atoms with E-state index in [4.69, 9.17) is 10.8 Å². The molecule has 0 aromatic heterocycles. The summed E-state index contributed by atoms with van der Waals surface area (Å²) in [6.07, 6.45) is 2.95. The number of carbonyl (C=O) groups excluding carboxylic acids is 1. The Balaban J connectivity index is 4.13. The van der Waals surface area contributed by atoms with Gasteiger partial charge in [-0.15, -0.1) is 0 Å². The van der Waals surface area contributed by atoms with Crippen LogP contribution in [-0.4, -0.2) is 41.0 Å². The standard InChI is InChI=1S/C11H22N2O3/c1-11(2,10(15)16)13(3)9(14)7-5-4-6-8-12/h4-8,12H2,1-3H3,(H,15,16). The quantitative estimate of drug-likeness (QED) is 0.634. The first-order valence-electron chi connectivity index (χ1n) is 5.54. The molecule has 0 heterocycles. The number of aliphatic carboxylic acids is 1. The highest BCUT2D eigenvalue weighted by Crippen LogP contribution is 2.14. The monoisotopic (exact) mass is 230 g/mol. The van der Waals surface area contributed by atoms with Gasteiger partial charge in [0.1, 0.15) is 5.54 Å². The molecule has 0 atom stereocenters. The van der Waals surface area contributed by atoms with Crippen LogP contribution in [0.4, 0.5) is 0 Å². The van der Waals surface area contributed by atoms with Crippen LogP contribution in [0.25, 0.3) is 0 Å². The third kappa shape index (κ3) is 4.18. The van der Waals surface area contributed by atoms with Crippen molar-refractivity contribution >= 4 is 11.9 Å². The lowest BCUT2D eigenvalue weighted by atomic mass is 10.0. The molecule has 0 aliphatic carbocycles. The normalized spacial score (nSPS) is 11.2. The summed E-state index contributed by atoms with van der Waals surface area (Å²) in [4.78, 5) is 23.9. The fourth-order valence-corrected chi connectivity index (χ4v) is 1.22. The van der Waals surface area contributed by atoms with Gasteiger partial charge in [0.2, 0.25) is 5.91 Å². The van der Waals surface area contributed by atoms with Crippen LogP contribution in [0, 0.1) is 0 Å². The fourth-order valence-electron chi connectivity index (χ4n) is 1.22. The van der Waals surface area contributed by atoms with E-state index in [1.807, 2.05) is 0 Å². The zero-order valence-corrected chi connectivity index (χ0v) is 10.3. The number of amides is 1. The molecule has 0 bridgehead atoms. The number of carbonyl (C=O) groups is 2. The maximum Gasteiger partial charge on any atom is 0.329 e. The van der Waals surface area contributed by atoms with Crippen molar-refractivity contribution in [2.75, 3.05) is 13.6 Å². The van der Waals surface area contributed by atoms with E-state index in [0.717, 1.165) is 19.3 Å². The molecule has 16 heavy (non-hydrogen) atoms. The Hall–Kier alpha value is -1.10. The zero-order chi connectivity index (χ0) is 12.8. The van der Waals surface area contributed by atoms with Crippen LogP contribution < -0.4 is 5.73 Å². The SMILES string of the molecule is CN(C(=O)CCCCCN)C(C)(C)C(=O)O. The molecular weight excluding hydrogens is 208 g/mol. The van der Waals surface area contributed by atoms with Crippen molar-refractivity contribution in [1.82, 2.24) is 4.90 Å². The summed E-state index contributed by atoms with van der Waals surface area (Å²) >= 11 is 0. The molecule has 0 saturated heterocycles. The van der Waals surface area contributed by atoms with Gasteiger partial charge in [-0.05, 0) is 33.2 Å². The Bertz CT molecular complexity index is 252.